The van der Waals surface area contributed by atoms with Crippen LogP contribution in [0.3, 0.4) is 0 Å². The van der Waals surface area contributed by atoms with E-state index in [1.807, 2.05) is 6.92 Å². The molecule has 0 saturated carbocycles. The summed E-state index contributed by atoms with van der Waals surface area (Å²) in [6.45, 7) is 2.33. The van der Waals surface area contributed by atoms with Crippen LogP contribution in [0.25, 0.3) is 0 Å². The van der Waals surface area contributed by atoms with Gasteiger partial charge < -0.3 is 16.6 Å². The van der Waals surface area contributed by atoms with E-state index in [4.69, 9.17) is 16.6 Å². The van der Waals surface area contributed by atoms with Gasteiger partial charge in [-0.1, -0.05) is 6.92 Å². The van der Waals surface area contributed by atoms with Gasteiger partial charge in [0, 0.05) is 6.54 Å². The lowest BCUT2D eigenvalue weighted by Gasteiger charge is -2.11. The van der Waals surface area contributed by atoms with Crippen LogP contribution in [0.2, 0.25) is 0 Å². The van der Waals surface area contributed by atoms with Gasteiger partial charge in [-0.25, -0.2) is 0 Å². The largest absolute Gasteiger partial charge is 0.379 e. The fraction of sp³-hybridized carbons (Fsp3) is 1.00. The quantitative estimate of drug-likeness (QED) is 0.353. The molecule has 0 aliphatic heterocycles. The smallest absolute Gasteiger partial charge is 0.104 e. The second-order valence-electron chi connectivity index (χ2n) is 2.00. The van der Waals surface area contributed by atoms with Gasteiger partial charge in [0.25, 0.3) is 0 Å². The van der Waals surface area contributed by atoms with Crippen LogP contribution >= 0.6 is 0 Å². The molecule has 4 nitrogen and oxygen atoms in total. The number of rotatable bonds is 4. The van der Waals surface area contributed by atoms with Crippen molar-refractivity contribution in [3.05, 3.63) is 0 Å². The topological polar surface area (TPSA) is 84.3 Å². The van der Waals surface area contributed by atoms with Crippen molar-refractivity contribution in [2.75, 3.05) is 6.54 Å². The van der Waals surface area contributed by atoms with Crippen molar-refractivity contribution in [3.63, 3.8) is 0 Å². The molecule has 56 valence electrons. The van der Waals surface area contributed by atoms with E-state index < -0.39 is 6.23 Å². The van der Waals surface area contributed by atoms with E-state index >= 15 is 0 Å². The van der Waals surface area contributed by atoms with E-state index in [2.05, 4.69) is 5.32 Å². The summed E-state index contributed by atoms with van der Waals surface area (Å²) in [6.07, 6.45) is -0.182. The minimum atomic E-state index is -0.473. The zero-order chi connectivity index (χ0) is 7.28. The van der Waals surface area contributed by atoms with Crippen molar-refractivity contribution >= 4 is 0 Å². The highest BCUT2D eigenvalue weighted by Crippen LogP contribution is 1.81. The lowest BCUT2D eigenvalue weighted by Crippen LogP contribution is -2.44. The molecule has 0 spiro atoms. The Morgan fingerprint density at radius 1 is 1.56 bits per heavy atom. The summed E-state index contributed by atoms with van der Waals surface area (Å²) >= 11 is 0. The predicted octanol–water partition coefficient (Wildman–Crippen LogP) is -1.45. The van der Waals surface area contributed by atoms with E-state index in [1.54, 1.807) is 0 Å². The summed E-state index contributed by atoms with van der Waals surface area (Å²) in [6, 6.07) is 0. The summed E-state index contributed by atoms with van der Waals surface area (Å²) in [5, 5.41) is 11.6. The summed E-state index contributed by atoms with van der Waals surface area (Å²) in [5.41, 5.74) is 10.4. The van der Waals surface area contributed by atoms with Gasteiger partial charge in [0.1, 0.15) is 6.23 Å². The average molecular weight is 133 g/mol. The monoisotopic (exact) mass is 133 g/mol. The lowest BCUT2D eigenvalue weighted by atomic mass is 10.4. The van der Waals surface area contributed by atoms with Crippen molar-refractivity contribution < 1.29 is 5.11 Å². The molecule has 0 aromatic heterocycles. The number of nitrogens with one attached hydrogen (secondary N) is 1. The van der Waals surface area contributed by atoms with Crippen LogP contribution in [0.5, 0.6) is 0 Å². The van der Waals surface area contributed by atoms with E-state index in [0.717, 1.165) is 0 Å². The van der Waals surface area contributed by atoms with Gasteiger partial charge in [0.05, 0.1) is 6.17 Å². The highest BCUT2D eigenvalue weighted by atomic mass is 16.3. The maximum Gasteiger partial charge on any atom is 0.104 e. The van der Waals surface area contributed by atoms with Crippen molar-refractivity contribution in [2.24, 2.45) is 11.5 Å². The van der Waals surface area contributed by atoms with Gasteiger partial charge in [0.2, 0.25) is 0 Å². The first-order valence-corrected chi connectivity index (χ1v) is 3.09. The highest BCUT2D eigenvalue weighted by Gasteiger charge is 1.99. The Kier molecular flexibility index (Phi) is 4.61. The molecule has 0 rings (SSSR count). The first kappa shape index (κ1) is 8.84. The van der Waals surface area contributed by atoms with Gasteiger partial charge in [0.15, 0.2) is 0 Å². The molecule has 0 bridgehead atoms. The molecule has 1 atom stereocenters. The van der Waals surface area contributed by atoms with E-state index in [-0.39, 0.29) is 6.17 Å². The number of hydrogen-bond donors (Lipinski definition) is 4. The summed E-state index contributed by atoms with van der Waals surface area (Å²) in [4.78, 5) is 0. The van der Waals surface area contributed by atoms with Crippen LogP contribution in [-0.4, -0.2) is 24.0 Å². The third-order valence-electron chi connectivity index (χ3n) is 0.976. The number of nitrogens with two attached hydrogens (primary N) is 2. The third kappa shape index (κ3) is 5.72. The molecule has 0 aliphatic carbocycles. The molecular weight excluding hydrogens is 118 g/mol. The summed E-state index contributed by atoms with van der Waals surface area (Å²) < 4.78 is 0. The predicted molar refractivity (Wildman–Crippen MR) is 36.5 cm³/mol. The first-order chi connectivity index (χ1) is 4.16. The SMILES string of the molecule is CCC(O)NCC(N)N. The Bertz CT molecular complexity index is 67.2. The minimum Gasteiger partial charge on any atom is -0.379 e. The van der Waals surface area contributed by atoms with Crippen molar-refractivity contribution in [1.82, 2.24) is 5.32 Å². The van der Waals surface area contributed by atoms with Crippen LogP contribution < -0.4 is 16.8 Å². The normalized spacial score (nSPS) is 14.3. The Morgan fingerprint density at radius 2 is 2.11 bits per heavy atom. The molecule has 0 fully saturated rings. The Labute approximate surface area is 55.2 Å². The number of aliphatic hydroxyl groups excluding tert-OH is 1. The number of aliphatic hydroxyl groups is 1. The van der Waals surface area contributed by atoms with Gasteiger partial charge in [-0.2, -0.15) is 0 Å². The zero-order valence-corrected chi connectivity index (χ0v) is 5.67. The highest BCUT2D eigenvalue weighted by molar-refractivity contribution is 4.56. The van der Waals surface area contributed by atoms with E-state index in [1.165, 1.54) is 0 Å². The van der Waals surface area contributed by atoms with Crippen LogP contribution in [0.15, 0.2) is 0 Å². The standard InChI is InChI=1S/C5H15N3O/c1-2-5(9)8-3-4(6)7/h4-5,8-9H,2-3,6-7H2,1H3. The molecule has 1 unspecified atom stereocenters. The van der Waals surface area contributed by atoms with Gasteiger partial charge in [-0.05, 0) is 6.42 Å². The average Bonchev–Trinajstić information content (AvgIpc) is 1.83. The molecule has 0 saturated heterocycles. The zero-order valence-electron chi connectivity index (χ0n) is 5.67. The maximum absolute atomic E-state index is 8.88. The van der Waals surface area contributed by atoms with Crippen molar-refractivity contribution in [1.29, 1.82) is 0 Å². The molecule has 0 aromatic rings. The molecule has 0 heterocycles. The summed E-state index contributed by atoms with van der Waals surface area (Å²) in [5.74, 6) is 0. The molecule has 6 N–H and O–H groups in total. The second-order valence-corrected chi connectivity index (χ2v) is 2.00. The molecule has 0 aliphatic rings. The molecule has 0 amide bonds. The Balaban J connectivity index is 3.06. The van der Waals surface area contributed by atoms with Gasteiger partial charge >= 0.3 is 0 Å². The molecule has 9 heavy (non-hydrogen) atoms. The number of hydrogen-bond acceptors (Lipinski definition) is 4. The third-order valence-corrected chi connectivity index (χ3v) is 0.976. The Morgan fingerprint density at radius 3 is 2.44 bits per heavy atom. The maximum atomic E-state index is 8.88. The fourth-order valence-electron chi connectivity index (χ4n) is 0.416. The Hall–Kier alpha value is -0.160. The molecule has 4 heteroatoms. The van der Waals surface area contributed by atoms with Crippen LogP contribution in [0.1, 0.15) is 13.3 Å². The van der Waals surface area contributed by atoms with E-state index in [9.17, 15) is 0 Å². The molecule has 0 aromatic carbocycles. The van der Waals surface area contributed by atoms with Gasteiger partial charge in [-0.3, -0.25) is 5.32 Å². The lowest BCUT2D eigenvalue weighted by molar-refractivity contribution is 0.131. The van der Waals surface area contributed by atoms with E-state index in [0.29, 0.717) is 13.0 Å². The second kappa shape index (κ2) is 4.69. The first-order valence-electron chi connectivity index (χ1n) is 3.09. The molecule has 0 radical (unpaired) electrons. The van der Waals surface area contributed by atoms with Crippen molar-refractivity contribution in [3.8, 4) is 0 Å². The fourth-order valence-corrected chi connectivity index (χ4v) is 0.416. The van der Waals surface area contributed by atoms with Crippen LogP contribution in [0.4, 0.5) is 0 Å². The van der Waals surface area contributed by atoms with Crippen LogP contribution in [-0.2, 0) is 0 Å². The van der Waals surface area contributed by atoms with Gasteiger partial charge in [-0.15, -0.1) is 0 Å². The molecular formula is C5H15N3O. The minimum absolute atomic E-state index is 0.383. The summed E-state index contributed by atoms with van der Waals surface area (Å²) in [7, 11) is 0. The van der Waals surface area contributed by atoms with Crippen LogP contribution in [0, 0.1) is 0 Å². The van der Waals surface area contributed by atoms with Crippen molar-refractivity contribution in [2.45, 2.75) is 25.7 Å².